The number of anilines is 1. The SMILES string of the molecule is NC(=S)c1ccc(N2CCCc3ccccc3C2)nc1. The first-order chi connectivity index (χ1) is 9.74. The van der Waals surface area contributed by atoms with E-state index in [2.05, 4.69) is 34.1 Å². The Balaban J connectivity index is 1.85. The van der Waals surface area contributed by atoms with Crippen LogP contribution in [0, 0.1) is 0 Å². The number of aryl methyl sites for hydroxylation is 1. The maximum Gasteiger partial charge on any atom is 0.128 e. The summed E-state index contributed by atoms with van der Waals surface area (Å²) in [5.74, 6) is 0.988. The third kappa shape index (κ3) is 2.65. The molecule has 0 aliphatic carbocycles. The van der Waals surface area contributed by atoms with E-state index >= 15 is 0 Å². The number of pyridine rings is 1. The van der Waals surface area contributed by atoms with E-state index < -0.39 is 0 Å². The van der Waals surface area contributed by atoms with Gasteiger partial charge in [-0.2, -0.15) is 0 Å². The Kier molecular flexibility index (Phi) is 3.65. The molecule has 3 rings (SSSR count). The Morgan fingerprint density at radius 3 is 2.65 bits per heavy atom. The lowest BCUT2D eigenvalue weighted by molar-refractivity contribution is 0.754. The molecule has 1 aliphatic rings. The summed E-state index contributed by atoms with van der Waals surface area (Å²) in [5.41, 5.74) is 9.27. The van der Waals surface area contributed by atoms with E-state index in [1.54, 1.807) is 6.20 Å². The van der Waals surface area contributed by atoms with Crippen molar-refractivity contribution in [2.24, 2.45) is 5.73 Å². The van der Waals surface area contributed by atoms with Crippen LogP contribution in [0.4, 0.5) is 5.82 Å². The monoisotopic (exact) mass is 283 g/mol. The van der Waals surface area contributed by atoms with Crippen molar-refractivity contribution < 1.29 is 0 Å². The topological polar surface area (TPSA) is 42.1 Å². The number of benzene rings is 1. The van der Waals surface area contributed by atoms with Crippen LogP contribution in [0.25, 0.3) is 0 Å². The average Bonchev–Trinajstić information content (AvgIpc) is 2.69. The molecule has 102 valence electrons. The highest BCUT2D eigenvalue weighted by molar-refractivity contribution is 7.80. The highest BCUT2D eigenvalue weighted by atomic mass is 32.1. The van der Waals surface area contributed by atoms with Gasteiger partial charge >= 0.3 is 0 Å². The Bertz CT molecular complexity index is 622. The number of hydrogen-bond acceptors (Lipinski definition) is 3. The van der Waals surface area contributed by atoms with E-state index in [1.807, 2.05) is 12.1 Å². The van der Waals surface area contributed by atoms with E-state index in [1.165, 1.54) is 11.1 Å². The van der Waals surface area contributed by atoms with Crippen LogP contribution in [0.3, 0.4) is 0 Å². The molecule has 0 saturated carbocycles. The third-order valence-electron chi connectivity index (χ3n) is 3.71. The van der Waals surface area contributed by atoms with Gasteiger partial charge in [-0.3, -0.25) is 0 Å². The first kappa shape index (κ1) is 13.1. The second-order valence-corrected chi connectivity index (χ2v) is 5.50. The number of fused-ring (bicyclic) bond motifs is 1. The maximum absolute atomic E-state index is 5.61. The molecular weight excluding hydrogens is 266 g/mol. The molecule has 0 atom stereocenters. The van der Waals surface area contributed by atoms with E-state index in [4.69, 9.17) is 18.0 Å². The van der Waals surface area contributed by atoms with Crippen molar-refractivity contribution >= 4 is 23.0 Å². The molecule has 2 N–H and O–H groups in total. The minimum Gasteiger partial charge on any atom is -0.389 e. The molecule has 0 spiro atoms. The molecule has 0 unspecified atom stereocenters. The predicted octanol–water partition coefficient (Wildman–Crippen LogP) is 2.67. The zero-order valence-corrected chi connectivity index (χ0v) is 12.1. The van der Waals surface area contributed by atoms with Crippen molar-refractivity contribution in [3.63, 3.8) is 0 Å². The van der Waals surface area contributed by atoms with Crippen LogP contribution in [-0.2, 0) is 13.0 Å². The van der Waals surface area contributed by atoms with Gasteiger partial charge in [-0.25, -0.2) is 4.98 Å². The van der Waals surface area contributed by atoms with E-state index in [9.17, 15) is 0 Å². The molecule has 0 amide bonds. The highest BCUT2D eigenvalue weighted by Gasteiger charge is 2.15. The van der Waals surface area contributed by atoms with Crippen molar-refractivity contribution in [1.82, 2.24) is 4.98 Å². The van der Waals surface area contributed by atoms with Gasteiger partial charge in [0.05, 0.1) is 0 Å². The summed E-state index contributed by atoms with van der Waals surface area (Å²) in [6.45, 7) is 1.93. The summed E-state index contributed by atoms with van der Waals surface area (Å²) < 4.78 is 0. The van der Waals surface area contributed by atoms with Gasteiger partial charge in [0.2, 0.25) is 0 Å². The van der Waals surface area contributed by atoms with Crippen molar-refractivity contribution in [2.75, 3.05) is 11.4 Å². The Morgan fingerprint density at radius 1 is 1.15 bits per heavy atom. The van der Waals surface area contributed by atoms with Crippen LogP contribution in [0.1, 0.15) is 23.1 Å². The summed E-state index contributed by atoms with van der Waals surface area (Å²) in [6.07, 6.45) is 4.04. The molecule has 4 heteroatoms. The second-order valence-electron chi connectivity index (χ2n) is 5.06. The first-order valence-electron chi connectivity index (χ1n) is 6.81. The largest absolute Gasteiger partial charge is 0.389 e. The molecule has 1 aliphatic heterocycles. The van der Waals surface area contributed by atoms with Gasteiger partial charge in [0.1, 0.15) is 10.8 Å². The zero-order chi connectivity index (χ0) is 13.9. The maximum atomic E-state index is 5.61. The fourth-order valence-electron chi connectivity index (χ4n) is 2.62. The first-order valence-corrected chi connectivity index (χ1v) is 7.22. The Hall–Kier alpha value is -1.94. The molecule has 3 nitrogen and oxygen atoms in total. The highest BCUT2D eigenvalue weighted by Crippen LogP contribution is 2.22. The summed E-state index contributed by atoms with van der Waals surface area (Å²) in [6, 6.07) is 12.6. The lowest BCUT2D eigenvalue weighted by Crippen LogP contribution is -2.23. The van der Waals surface area contributed by atoms with Crippen LogP contribution < -0.4 is 10.6 Å². The van der Waals surface area contributed by atoms with Crippen molar-refractivity contribution in [3.05, 3.63) is 59.3 Å². The Morgan fingerprint density at radius 2 is 1.95 bits per heavy atom. The number of nitrogens with zero attached hydrogens (tertiary/aromatic N) is 2. The van der Waals surface area contributed by atoms with Crippen LogP contribution in [0.15, 0.2) is 42.6 Å². The minimum absolute atomic E-state index is 0.394. The number of hydrogen-bond donors (Lipinski definition) is 1. The van der Waals surface area contributed by atoms with Gasteiger partial charge < -0.3 is 10.6 Å². The summed E-state index contributed by atoms with van der Waals surface area (Å²) >= 11 is 4.96. The summed E-state index contributed by atoms with van der Waals surface area (Å²) in [4.78, 5) is 7.21. The number of aromatic nitrogens is 1. The van der Waals surface area contributed by atoms with E-state index in [0.29, 0.717) is 4.99 Å². The molecule has 0 bridgehead atoms. The normalized spacial score (nSPS) is 14.5. The third-order valence-corrected chi connectivity index (χ3v) is 3.95. The number of thiocarbonyl (C=S) groups is 1. The van der Waals surface area contributed by atoms with Crippen molar-refractivity contribution in [1.29, 1.82) is 0 Å². The molecule has 1 aromatic carbocycles. The number of nitrogens with two attached hydrogens (primary N) is 1. The van der Waals surface area contributed by atoms with E-state index in [-0.39, 0.29) is 0 Å². The van der Waals surface area contributed by atoms with Crippen LogP contribution >= 0.6 is 12.2 Å². The van der Waals surface area contributed by atoms with Gasteiger partial charge in [0.15, 0.2) is 0 Å². The average molecular weight is 283 g/mol. The van der Waals surface area contributed by atoms with Gasteiger partial charge in [0, 0.05) is 24.8 Å². The smallest absolute Gasteiger partial charge is 0.128 e. The van der Waals surface area contributed by atoms with Crippen molar-refractivity contribution in [2.45, 2.75) is 19.4 Å². The fraction of sp³-hybridized carbons (Fsp3) is 0.250. The van der Waals surface area contributed by atoms with Gasteiger partial charge in [0.25, 0.3) is 0 Å². The summed E-state index contributed by atoms with van der Waals surface area (Å²) in [7, 11) is 0. The molecule has 0 fully saturated rings. The van der Waals surface area contributed by atoms with Gasteiger partial charge in [-0.1, -0.05) is 36.5 Å². The van der Waals surface area contributed by atoms with Crippen LogP contribution in [0.5, 0.6) is 0 Å². The predicted molar refractivity (Wildman–Crippen MR) is 85.9 cm³/mol. The molecule has 0 saturated heterocycles. The zero-order valence-electron chi connectivity index (χ0n) is 11.2. The minimum atomic E-state index is 0.394. The van der Waals surface area contributed by atoms with Gasteiger partial charge in [-0.05, 0) is 36.1 Å². The lowest BCUT2D eigenvalue weighted by atomic mass is 10.0. The van der Waals surface area contributed by atoms with E-state index in [0.717, 1.165) is 37.3 Å². The molecule has 20 heavy (non-hydrogen) atoms. The lowest BCUT2D eigenvalue weighted by Gasteiger charge is -2.22. The molecule has 2 heterocycles. The molecule has 1 aromatic heterocycles. The molecule has 2 aromatic rings. The summed E-state index contributed by atoms with van der Waals surface area (Å²) in [5, 5.41) is 0. The van der Waals surface area contributed by atoms with Gasteiger partial charge in [-0.15, -0.1) is 0 Å². The Labute approximate surface area is 124 Å². The quantitative estimate of drug-likeness (QED) is 0.861. The van der Waals surface area contributed by atoms with Crippen molar-refractivity contribution in [3.8, 4) is 0 Å². The number of rotatable bonds is 2. The molecule has 0 radical (unpaired) electrons. The van der Waals surface area contributed by atoms with Crippen LogP contribution in [0.2, 0.25) is 0 Å². The second kappa shape index (κ2) is 5.59. The standard InChI is InChI=1S/C16H17N3S/c17-16(20)13-7-8-15(18-10-13)19-9-3-6-12-4-1-2-5-14(12)11-19/h1-2,4-5,7-8,10H,3,6,9,11H2,(H2,17,20). The van der Waals surface area contributed by atoms with Crippen LogP contribution in [-0.4, -0.2) is 16.5 Å². The molecular formula is C16H17N3S. The fourth-order valence-corrected chi connectivity index (χ4v) is 2.74.